The number of aromatic nitrogens is 2. The molecule has 0 aliphatic rings. The molecule has 6 heteroatoms. The predicted molar refractivity (Wildman–Crippen MR) is 82.9 cm³/mol. The molecule has 0 aliphatic carbocycles. The van der Waals surface area contributed by atoms with Crippen molar-refractivity contribution in [1.29, 1.82) is 5.26 Å². The smallest absolute Gasteiger partial charge is 0.278 e. The molecule has 0 atom stereocenters. The van der Waals surface area contributed by atoms with Gasteiger partial charge in [-0.05, 0) is 43.3 Å². The van der Waals surface area contributed by atoms with Crippen LogP contribution in [-0.4, -0.2) is 14.7 Å². The van der Waals surface area contributed by atoms with E-state index in [0.29, 0.717) is 28.1 Å². The molecule has 2 aromatic heterocycles. The van der Waals surface area contributed by atoms with Gasteiger partial charge in [0.2, 0.25) is 0 Å². The summed E-state index contributed by atoms with van der Waals surface area (Å²) in [4.78, 5) is 16.9. The Labute approximate surface area is 125 Å². The highest BCUT2D eigenvalue weighted by Gasteiger charge is 2.18. The Kier molecular flexibility index (Phi) is 3.04. The number of rotatable bonds is 1. The van der Waals surface area contributed by atoms with Crippen LogP contribution in [0.5, 0.6) is 5.75 Å². The molecule has 0 bridgehead atoms. The van der Waals surface area contributed by atoms with Crippen molar-refractivity contribution in [2.45, 2.75) is 6.92 Å². The topological polar surface area (TPSA) is 105 Å². The second-order valence-corrected chi connectivity index (χ2v) is 4.89. The maximum absolute atomic E-state index is 12.5. The molecule has 3 N–H and O–H groups in total. The largest absolute Gasteiger partial charge is 0.506 e. The molecule has 0 aliphatic heterocycles. The Bertz CT molecular complexity index is 982. The lowest BCUT2D eigenvalue weighted by Gasteiger charge is -2.12. The van der Waals surface area contributed by atoms with Crippen LogP contribution in [0.4, 0.5) is 5.69 Å². The van der Waals surface area contributed by atoms with Gasteiger partial charge in [0.05, 0.1) is 11.1 Å². The summed E-state index contributed by atoms with van der Waals surface area (Å²) in [6.45, 7) is 1.78. The monoisotopic (exact) mass is 292 g/mol. The van der Waals surface area contributed by atoms with Crippen molar-refractivity contribution in [3.63, 3.8) is 0 Å². The van der Waals surface area contributed by atoms with Crippen molar-refractivity contribution >= 4 is 16.7 Å². The summed E-state index contributed by atoms with van der Waals surface area (Å²) in [6.07, 6.45) is 0. The third-order valence-electron chi connectivity index (χ3n) is 3.40. The number of aryl methyl sites for hydroxylation is 1. The number of aromatic hydroxyl groups is 1. The van der Waals surface area contributed by atoms with Crippen LogP contribution in [0.25, 0.3) is 16.7 Å². The molecule has 108 valence electrons. The molecule has 6 nitrogen and oxygen atoms in total. The molecule has 0 fully saturated rings. The van der Waals surface area contributed by atoms with E-state index in [1.54, 1.807) is 49.4 Å². The van der Waals surface area contributed by atoms with E-state index in [2.05, 4.69) is 4.98 Å². The van der Waals surface area contributed by atoms with Crippen LogP contribution in [0.2, 0.25) is 0 Å². The molecule has 0 saturated heterocycles. The van der Waals surface area contributed by atoms with Crippen molar-refractivity contribution in [2.24, 2.45) is 0 Å². The second-order valence-electron chi connectivity index (χ2n) is 4.89. The lowest BCUT2D eigenvalue weighted by Crippen LogP contribution is -2.22. The average molecular weight is 292 g/mol. The van der Waals surface area contributed by atoms with E-state index in [4.69, 9.17) is 11.0 Å². The minimum atomic E-state index is -0.615. The summed E-state index contributed by atoms with van der Waals surface area (Å²) in [7, 11) is 0. The Morgan fingerprint density at radius 2 is 1.91 bits per heavy atom. The summed E-state index contributed by atoms with van der Waals surface area (Å²) in [6, 6.07) is 11.7. The van der Waals surface area contributed by atoms with Gasteiger partial charge in [-0.3, -0.25) is 9.36 Å². The zero-order valence-electron chi connectivity index (χ0n) is 11.7. The first-order chi connectivity index (χ1) is 10.5. The summed E-state index contributed by atoms with van der Waals surface area (Å²) in [5, 5.41) is 19.7. The number of nitrogens with two attached hydrogens (primary N) is 1. The highest BCUT2D eigenvalue weighted by molar-refractivity contribution is 5.85. The van der Waals surface area contributed by atoms with Crippen LogP contribution < -0.4 is 11.3 Å². The number of fused-ring (bicyclic) bond motifs is 1. The van der Waals surface area contributed by atoms with E-state index in [1.807, 2.05) is 0 Å². The van der Waals surface area contributed by atoms with E-state index >= 15 is 0 Å². The Morgan fingerprint density at radius 3 is 2.55 bits per heavy atom. The molecule has 0 spiro atoms. The van der Waals surface area contributed by atoms with Gasteiger partial charge < -0.3 is 10.8 Å². The van der Waals surface area contributed by atoms with Crippen molar-refractivity contribution in [2.75, 3.05) is 5.73 Å². The first kappa shape index (κ1) is 13.6. The van der Waals surface area contributed by atoms with Gasteiger partial charge in [0.1, 0.15) is 11.8 Å². The molecule has 0 saturated carbocycles. The van der Waals surface area contributed by atoms with Crippen LogP contribution in [-0.2, 0) is 0 Å². The highest BCUT2D eigenvalue weighted by atomic mass is 16.3. The number of nitrogens with zero attached hydrogens (tertiary/aromatic N) is 3. The fourth-order valence-electron chi connectivity index (χ4n) is 2.31. The quantitative estimate of drug-likeness (QED) is 0.666. The van der Waals surface area contributed by atoms with Crippen molar-refractivity contribution in [3.8, 4) is 17.5 Å². The van der Waals surface area contributed by atoms with Crippen molar-refractivity contribution in [3.05, 3.63) is 58.0 Å². The van der Waals surface area contributed by atoms with Crippen LogP contribution in [0, 0.1) is 18.3 Å². The number of nitriles is 1. The van der Waals surface area contributed by atoms with Crippen molar-refractivity contribution < 1.29 is 5.11 Å². The van der Waals surface area contributed by atoms with Crippen molar-refractivity contribution in [1.82, 2.24) is 9.55 Å². The predicted octanol–water partition coefficient (Wildman–Crippen LogP) is 1.85. The minimum absolute atomic E-state index is 0.297. The Hall–Kier alpha value is -3.33. The summed E-state index contributed by atoms with van der Waals surface area (Å²) in [5.41, 5.74) is 6.82. The van der Waals surface area contributed by atoms with Gasteiger partial charge in [-0.2, -0.15) is 5.26 Å². The zero-order chi connectivity index (χ0) is 15.9. The third-order valence-corrected chi connectivity index (χ3v) is 3.40. The van der Waals surface area contributed by atoms with Gasteiger partial charge in [-0.25, -0.2) is 4.98 Å². The maximum Gasteiger partial charge on any atom is 0.278 e. The highest BCUT2D eigenvalue weighted by Crippen LogP contribution is 2.26. The van der Waals surface area contributed by atoms with E-state index in [-0.39, 0.29) is 11.3 Å². The molecule has 22 heavy (non-hydrogen) atoms. The fourth-order valence-corrected chi connectivity index (χ4v) is 2.31. The number of anilines is 1. The number of benzene rings is 1. The average Bonchev–Trinajstić information content (AvgIpc) is 2.49. The zero-order valence-corrected chi connectivity index (χ0v) is 11.7. The molecule has 2 heterocycles. The van der Waals surface area contributed by atoms with Gasteiger partial charge in [0, 0.05) is 11.4 Å². The lowest BCUT2D eigenvalue weighted by atomic mass is 10.1. The number of pyridine rings is 2. The van der Waals surface area contributed by atoms with E-state index in [0.717, 1.165) is 0 Å². The number of nitrogen functional groups attached to an aromatic ring is 1. The first-order valence-corrected chi connectivity index (χ1v) is 6.54. The van der Waals surface area contributed by atoms with Gasteiger partial charge in [0.15, 0.2) is 11.2 Å². The third kappa shape index (κ3) is 1.96. The minimum Gasteiger partial charge on any atom is -0.506 e. The molecule has 0 unspecified atom stereocenters. The van der Waals surface area contributed by atoms with E-state index < -0.39 is 5.56 Å². The maximum atomic E-state index is 12.5. The SMILES string of the molecule is Cc1ccc2c(O)c(C#N)c(=O)n(-c3ccc(N)cc3)c2n1. The second kappa shape index (κ2) is 4.90. The molecule has 3 rings (SSSR count). The molecule has 1 aromatic carbocycles. The number of hydrogen-bond donors (Lipinski definition) is 2. The van der Waals surface area contributed by atoms with Gasteiger partial charge in [-0.15, -0.1) is 0 Å². The van der Waals surface area contributed by atoms with Gasteiger partial charge >= 0.3 is 0 Å². The summed E-state index contributed by atoms with van der Waals surface area (Å²) in [5.74, 6) is -0.346. The van der Waals surface area contributed by atoms with Gasteiger partial charge in [0.25, 0.3) is 5.56 Å². The van der Waals surface area contributed by atoms with E-state index in [1.165, 1.54) is 4.57 Å². The molecule has 3 aromatic rings. The summed E-state index contributed by atoms with van der Waals surface area (Å²) < 4.78 is 1.31. The fraction of sp³-hybridized carbons (Fsp3) is 0.0625. The number of hydrogen-bond acceptors (Lipinski definition) is 5. The molecular formula is C16H12N4O2. The van der Waals surface area contributed by atoms with Gasteiger partial charge in [-0.1, -0.05) is 0 Å². The Morgan fingerprint density at radius 1 is 1.23 bits per heavy atom. The van der Waals surface area contributed by atoms with E-state index in [9.17, 15) is 9.90 Å². The molecule has 0 amide bonds. The molecule has 0 radical (unpaired) electrons. The van der Waals surface area contributed by atoms with Crippen LogP contribution in [0.3, 0.4) is 0 Å². The van der Waals surface area contributed by atoms with Crippen LogP contribution >= 0.6 is 0 Å². The van der Waals surface area contributed by atoms with Crippen LogP contribution in [0.1, 0.15) is 11.3 Å². The molecular weight excluding hydrogens is 280 g/mol. The first-order valence-electron chi connectivity index (χ1n) is 6.54. The standard InChI is InChI=1S/C16H12N4O2/c1-9-2-7-12-14(21)13(8-17)16(22)20(15(12)19-9)11-5-3-10(18)4-6-11/h2-7,21H,18H2,1H3. The lowest BCUT2D eigenvalue weighted by molar-refractivity contribution is 0.478. The van der Waals surface area contributed by atoms with Crippen LogP contribution in [0.15, 0.2) is 41.2 Å². The normalized spacial score (nSPS) is 10.5. The Balaban J connectivity index is 2.52. The summed E-state index contributed by atoms with van der Waals surface area (Å²) >= 11 is 0.